The van der Waals surface area contributed by atoms with Crippen LogP contribution in [0.1, 0.15) is 5.56 Å². The molecular weight excluding hydrogens is 228 g/mol. The van der Waals surface area contributed by atoms with Crippen molar-refractivity contribution in [3.63, 3.8) is 0 Å². The summed E-state index contributed by atoms with van der Waals surface area (Å²) >= 11 is 0. The van der Waals surface area contributed by atoms with Gasteiger partial charge in [-0.05, 0) is 17.7 Å². The lowest BCUT2D eigenvalue weighted by Crippen LogP contribution is -2.15. The number of phenols is 1. The van der Waals surface area contributed by atoms with E-state index in [0.717, 1.165) is 5.56 Å². The Morgan fingerprint density at radius 2 is 1.89 bits per heavy atom. The largest absolute Gasteiger partial charge is 0.508 e. The Balaban J connectivity index is 2.03. The van der Waals surface area contributed by atoms with Crippen molar-refractivity contribution in [2.24, 2.45) is 0 Å². The van der Waals surface area contributed by atoms with Crippen LogP contribution in [0.2, 0.25) is 0 Å². The van der Waals surface area contributed by atoms with E-state index in [2.05, 4.69) is 5.32 Å². The van der Waals surface area contributed by atoms with Gasteiger partial charge in [0.1, 0.15) is 5.75 Å². The second-order valence-corrected chi connectivity index (χ2v) is 3.98. The van der Waals surface area contributed by atoms with Crippen LogP contribution < -0.4 is 11.1 Å². The van der Waals surface area contributed by atoms with Crippen LogP contribution in [0.3, 0.4) is 0 Å². The fourth-order valence-corrected chi connectivity index (χ4v) is 1.64. The highest BCUT2D eigenvalue weighted by Gasteiger charge is 2.06. The predicted octanol–water partition coefficient (Wildman–Crippen LogP) is 2.16. The smallest absolute Gasteiger partial charge is 0.228 e. The molecule has 0 unspecified atom stereocenters. The second kappa shape index (κ2) is 5.23. The standard InChI is InChI=1S/C14H14N2O2/c15-12-9-11(17)6-7-13(12)16-14(18)8-10-4-2-1-3-5-10/h1-7,9,17H,8,15H2,(H,16,18). The monoisotopic (exact) mass is 242 g/mol. The molecule has 4 N–H and O–H groups in total. The van der Waals surface area contributed by atoms with Gasteiger partial charge < -0.3 is 16.2 Å². The zero-order chi connectivity index (χ0) is 13.0. The Bertz CT molecular complexity index is 553. The van der Waals surface area contributed by atoms with Crippen LogP contribution in [0, 0.1) is 0 Å². The first kappa shape index (κ1) is 12.0. The second-order valence-electron chi connectivity index (χ2n) is 3.98. The number of amides is 1. The first-order valence-corrected chi connectivity index (χ1v) is 5.57. The highest BCUT2D eigenvalue weighted by Crippen LogP contribution is 2.23. The minimum Gasteiger partial charge on any atom is -0.508 e. The summed E-state index contributed by atoms with van der Waals surface area (Å²) in [6, 6.07) is 13.9. The molecule has 0 fully saturated rings. The lowest BCUT2D eigenvalue weighted by atomic mass is 10.1. The van der Waals surface area contributed by atoms with E-state index in [-0.39, 0.29) is 11.7 Å². The van der Waals surface area contributed by atoms with E-state index in [4.69, 9.17) is 5.73 Å². The normalized spacial score (nSPS) is 10.0. The molecule has 0 saturated heterocycles. The fraction of sp³-hybridized carbons (Fsp3) is 0.0714. The predicted molar refractivity (Wildman–Crippen MR) is 71.3 cm³/mol. The van der Waals surface area contributed by atoms with E-state index >= 15 is 0 Å². The van der Waals surface area contributed by atoms with Crippen molar-refractivity contribution >= 4 is 17.3 Å². The average molecular weight is 242 g/mol. The van der Waals surface area contributed by atoms with Crippen LogP contribution >= 0.6 is 0 Å². The molecule has 1 amide bonds. The average Bonchev–Trinajstić information content (AvgIpc) is 2.34. The van der Waals surface area contributed by atoms with Gasteiger partial charge in [0.05, 0.1) is 17.8 Å². The Morgan fingerprint density at radius 3 is 2.56 bits per heavy atom. The molecule has 0 aliphatic heterocycles. The molecule has 2 aromatic rings. The molecular formula is C14H14N2O2. The van der Waals surface area contributed by atoms with Crippen molar-refractivity contribution < 1.29 is 9.90 Å². The summed E-state index contributed by atoms with van der Waals surface area (Å²) in [7, 11) is 0. The number of hydrogen-bond donors (Lipinski definition) is 3. The molecule has 4 heteroatoms. The van der Waals surface area contributed by atoms with E-state index in [1.807, 2.05) is 30.3 Å². The number of carbonyl (C=O) groups excluding carboxylic acids is 1. The van der Waals surface area contributed by atoms with E-state index in [0.29, 0.717) is 17.8 Å². The molecule has 2 aromatic carbocycles. The van der Waals surface area contributed by atoms with Gasteiger partial charge in [0.15, 0.2) is 0 Å². The number of anilines is 2. The van der Waals surface area contributed by atoms with Gasteiger partial charge in [-0.1, -0.05) is 30.3 Å². The summed E-state index contributed by atoms with van der Waals surface area (Å²) in [6.07, 6.45) is 0.293. The third kappa shape index (κ3) is 3.01. The van der Waals surface area contributed by atoms with Crippen LogP contribution in [0.25, 0.3) is 0 Å². The van der Waals surface area contributed by atoms with Crippen molar-refractivity contribution in [2.45, 2.75) is 6.42 Å². The molecule has 0 aromatic heterocycles. The summed E-state index contributed by atoms with van der Waals surface area (Å²) < 4.78 is 0. The summed E-state index contributed by atoms with van der Waals surface area (Å²) in [5.74, 6) is -0.0628. The zero-order valence-electron chi connectivity index (χ0n) is 9.76. The van der Waals surface area contributed by atoms with Gasteiger partial charge in [-0.25, -0.2) is 0 Å². The molecule has 0 saturated carbocycles. The molecule has 0 atom stereocenters. The molecule has 0 aliphatic rings. The van der Waals surface area contributed by atoms with Gasteiger partial charge in [0.2, 0.25) is 5.91 Å². The Hall–Kier alpha value is -2.49. The maximum atomic E-state index is 11.8. The Labute approximate surface area is 105 Å². The van der Waals surface area contributed by atoms with Crippen molar-refractivity contribution in [3.05, 3.63) is 54.1 Å². The SMILES string of the molecule is Nc1cc(O)ccc1NC(=O)Cc1ccccc1. The number of nitrogens with one attached hydrogen (secondary N) is 1. The van der Waals surface area contributed by atoms with Crippen molar-refractivity contribution in [1.29, 1.82) is 0 Å². The molecule has 2 rings (SSSR count). The summed E-state index contributed by atoms with van der Waals surface area (Å²) in [5.41, 5.74) is 7.48. The van der Waals surface area contributed by atoms with Gasteiger partial charge in [0, 0.05) is 6.07 Å². The van der Waals surface area contributed by atoms with Gasteiger partial charge in [0.25, 0.3) is 0 Å². The third-order valence-corrected chi connectivity index (χ3v) is 2.52. The number of aromatic hydroxyl groups is 1. The van der Waals surface area contributed by atoms with Gasteiger partial charge in [-0.3, -0.25) is 4.79 Å². The maximum absolute atomic E-state index is 11.8. The van der Waals surface area contributed by atoms with Crippen LogP contribution in [0.5, 0.6) is 5.75 Å². The van der Waals surface area contributed by atoms with Crippen LogP contribution in [0.4, 0.5) is 11.4 Å². The summed E-state index contributed by atoms with van der Waals surface area (Å²) in [5, 5.41) is 11.9. The molecule has 0 heterocycles. The lowest BCUT2D eigenvalue weighted by molar-refractivity contribution is -0.115. The third-order valence-electron chi connectivity index (χ3n) is 2.52. The molecule has 92 valence electrons. The summed E-state index contributed by atoms with van der Waals surface area (Å²) in [4.78, 5) is 11.8. The molecule has 0 aliphatic carbocycles. The minimum atomic E-state index is -0.140. The van der Waals surface area contributed by atoms with E-state index in [9.17, 15) is 9.90 Å². The number of nitrogens with two attached hydrogens (primary N) is 1. The molecule has 18 heavy (non-hydrogen) atoms. The minimum absolute atomic E-state index is 0.0774. The van der Waals surface area contributed by atoms with Crippen LogP contribution in [-0.2, 0) is 11.2 Å². The number of benzene rings is 2. The molecule has 4 nitrogen and oxygen atoms in total. The number of phenolic OH excluding ortho intramolecular Hbond substituents is 1. The summed E-state index contributed by atoms with van der Waals surface area (Å²) in [6.45, 7) is 0. The first-order valence-electron chi connectivity index (χ1n) is 5.57. The van der Waals surface area contributed by atoms with E-state index in [1.165, 1.54) is 12.1 Å². The first-order chi connectivity index (χ1) is 8.65. The van der Waals surface area contributed by atoms with Crippen LogP contribution in [-0.4, -0.2) is 11.0 Å². The molecule has 0 bridgehead atoms. The number of hydrogen-bond acceptors (Lipinski definition) is 3. The lowest BCUT2D eigenvalue weighted by Gasteiger charge is -2.08. The van der Waals surface area contributed by atoms with Crippen molar-refractivity contribution in [2.75, 3.05) is 11.1 Å². The molecule has 0 radical (unpaired) electrons. The highest BCUT2D eigenvalue weighted by molar-refractivity contribution is 5.95. The maximum Gasteiger partial charge on any atom is 0.228 e. The van der Waals surface area contributed by atoms with Crippen molar-refractivity contribution in [1.82, 2.24) is 0 Å². The van der Waals surface area contributed by atoms with Gasteiger partial charge >= 0.3 is 0 Å². The van der Waals surface area contributed by atoms with E-state index < -0.39 is 0 Å². The van der Waals surface area contributed by atoms with E-state index in [1.54, 1.807) is 6.07 Å². The quantitative estimate of drug-likeness (QED) is 0.570. The number of rotatable bonds is 3. The van der Waals surface area contributed by atoms with Crippen LogP contribution in [0.15, 0.2) is 48.5 Å². The Kier molecular flexibility index (Phi) is 3.48. The highest BCUT2D eigenvalue weighted by atomic mass is 16.3. The molecule has 0 spiro atoms. The number of nitrogen functional groups attached to an aromatic ring is 1. The topological polar surface area (TPSA) is 75.3 Å². The zero-order valence-corrected chi connectivity index (χ0v) is 9.76. The Morgan fingerprint density at radius 1 is 1.17 bits per heavy atom. The fourth-order valence-electron chi connectivity index (χ4n) is 1.64. The number of carbonyl (C=O) groups is 1. The van der Waals surface area contributed by atoms with Gasteiger partial charge in [-0.15, -0.1) is 0 Å². The van der Waals surface area contributed by atoms with Gasteiger partial charge in [-0.2, -0.15) is 0 Å². The van der Waals surface area contributed by atoms with Crippen molar-refractivity contribution in [3.8, 4) is 5.75 Å².